The van der Waals surface area contributed by atoms with Gasteiger partial charge in [0.1, 0.15) is 5.75 Å². The number of carbonyl (C=O) groups is 1. The molecule has 0 spiro atoms. The van der Waals surface area contributed by atoms with Crippen molar-refractivity contribution in [1.82, 2.24) is 9.47 Å². The van der Waals surface area contributed by atoms with E-state index in [4.69, 9.17) is 4.74 Å². The number of para-hydroxylation sites is 1. The highest BCUT2D eigenvalue weighted by Gasteiger charge is 2.25. The van der Waals surface area contributed by atoms with Crippen LogP contribution >= 0.6 is 0 Å². The largest absolute Gasteiger partial charge is 0.497 e. The van der Waals surface area contributed by atoms with Crippen molar-refractivity contribution in [3.8, 4) is 5.75 Å². The molecule has 1 aliphatic heterocycles. The molecule has 2 heterocycles. The van der Waals surface area contributed by atoms with Crippen LogP contribution in [0.2, 0.25) is 0 Å². The van der Waals surface area contributed by atoms with Crippen LogP contribution in [0.25, 0.3) is 10.9 Å². The maximum Gasteiger partial charge on any atom is 0.306 e. The molecule has 1 aliphatic rings. The van der Waals surface area contributed by atoms with Gasteiger partial charge in [0.2, 0.25) is 0 Å². The van der Waals surface area contributed by atoms with Gasteiger partial charge in [-0.2, -0.15) is 0 Å². The van der Waals surface area contributed by atoms with E-state index in [1.807, 2.05) is 12.1 Å². The summed E-state index contributed by atoms with van der Waals surface area (Å²) < 4.78 is 7.64. The molecule has 0 amide bonds. The van der Waals surface area contributed by atoms with E-state index in [9.17, 15) is 9.90 Å². The third-order valence-corrected chi connectivity index (χ3v) is 5.72. The van der Waals surface area contributed by atoms with Gasteiger partial charge in [0, 0.05) is 24.3 Å². The highest BCUT2D eigenvalue weighted by atomic mass is 16.5. The zero-order chi connectivity index (χ0) is 19.5. The van der Waals surface area contributed by atoms with Crippen molar-refractivity contribution >= 4 is 16.9 Å². The lowest BCUT2D eigenvalue weighted by atomic mass is 9.97. The van der Waals surface area contributed by atoms with Crippen LogP contribution < -0.4 is 4.74 Å². The van der Waals surface area contributed by atoms with Gasteiger partial charge < -0.3 is 14.4 Å². The molecule has 1 N–H and O–H groups in total. The van der Waals surface area contributed by atoms with Crippen LogP contribution in [-0.4, -0.2) is 40.7 Å². The van der Waals surface area contributed by atoms with Gasteiger partial charge in [0.15, 0.2) is 0 Å². The SMILES string of the molecule is COc1ccc(Cn2c(CN3CCC(C(=O)O)CC3)cc3ccccc32)cc1. The molecule has 1 saturated heterocycles. The second-order valence-corrected chi connectivity index (χ2v) is 7.52. The monoisotopic (exact) mass is 378 g/mol. The molecular formula is C23H26N2O3. The molecule has 4 rings (SSSR count). The summed E-state index contributed by atoms with van der Waals surface area (Å²) in [5.74, 6) is 0.0114. The quantitative estimate of drug-likeness (QED) is 0.705. The van der Waals surface area contributed by atoms with Gasteiger partial charge in [-0.1, -0.05) is 30.3 Å². The molecule has 0 unspecified atom stereocenters. The molecule has 1 aromatic heterocycles. The fourth-order valence-corrected chi connectivity index (χ4v) is 4.07. The van der Waals surface area contributed by atoms with Crippen LogP contribution in [-0.2, 0) is 17.9 Å². The number of benzene rings is 2. The topological polar surface area (TPSA) is 54.7 Å². The molecule has 0 radical (unpaired) electrons. The number of carboxylic acid groups (broad SMARTS) is 1. The van der Waals surface area contributed by atoms with Crippen molar-refractivity contribution in [3.05, 3.63) is 65.9 Å². The summed E-state index contributed by atoms with van der Waals surface area (Å²) in [4.78, 5) is 13.6. The van der Waals surface area contributed by atoms with Crippen LogP contribution in [0.5, 0.6) is 5.75 Å². The van der Waals surface area contributed by atoms with Gasteiger partial charge >= 0.3 is 5.97 Å². The van der Waals surface area contributed by atoms with Gasteiger partial charge in [0.05, 0.1) is 13.0 Å². The number of aliphatic carboxylic acids is 1. The third kappa shape index (κ3) is 3.90. The van der Waals surface area contributed by atoms with Crippen molar-refractivity contribution in [3.63, 3.8) is 0 Å². The molecule has 0 atom stereocenters. The Morgan fingerprint density at radius 3 is 2.46 bits per heavy atom. The average molecular weight is 378 g/mol. The Hall–Kier alpha value is -2.79. The van der Waals surface area contributed by atoms with E-state index in [0.717, 1.165) is 44.8 Å². The first-order valence-corrected chi connectivity index (χ1v) is 9.79. The standard InChI is InChI=1S/C23H26N2O3/c1-28-21-8-6-17(7-9-21)15-25-20(14-19-4-2-3-5-22(19)25)16-24-12-10-18(11-13-24)23(26)27/h2-9,14,18H,10-13,15-16H2,1H3,(H,26,27). The molecule has 5 nitrogen and oxygen atoms in total. The van der Waals surface area contributed by atoms with Crippen molar-refractivity contribution in [1.29, 1.82) is 0 Å². The first-order chi connectivity index (χ1) is 13.6. The summed E-state index contributed by atoms with van der Waals surface area (Å²) in [5, 5.41) is 10.5. The number of fused-ring (bicyclic) bond motifs is 1. The molecule has 5 heteroatoms. The Bertz CT molecular complexity index is 954. The minimum absolute atomic E-state index is 0.193. The molecule has 2 aromatic carbocycles. The molecule has 28 heavy (non-hydrogen) atoms. The summed E-state index contributed by atoms with van der Waals surface area (Å²) in [6.07, 6.45) is 1.46. The maximum absolute atomic E-state index is 11.2. The maximum atomic E-state index is 11.2. The van der Waals surface area contributed by atoms with Gasteiger partial charge in [-0.15, -0.1) is 0 Å². The third-order valence-electron chi connectivity index (χ3n) is 5.72. The number of aromatic nitrogens is 1. The second-order valence-electron chi connectivity index (χ2n) is 7.52. The molecular weight excluding hydrogens is 352 g/mol. The molecule has 0 saturated carbocycles. The van der Waals surface area contributed by atoms with Crippen LogP contribution in [0.3, 0.4) is 0 Å². The number of piperidine rings is 1. The lowest BCUT2D eigenvalue weighted by molar-refractivity contribution is -0.143. The molecule has 3 aromatic rings. The average Bonchev–Trinajstić information content (AvgIpc) is 3.06. The van der Waals surface area contributed by atoms with Crippen LogP contribution in [0.15, 0.2) is 54.6 Å². The number of ether oxygens (including phenoxy) is 1. The van der Waals surface area contributed by atoms with Crippen molar-refractivity contribution < 1.29 is 14.6 Å². The Kier molecular flexibility index (Phi) is 5.35. The first kappa shape index (κ1) is 18.6. The molecule has 0 aliphatic carbocycles. The van der Waals surface area contributed by atoms with E-state index in [1.54, 1.807) is 7.11 Å². The summed E-state index contributed by atoms with van der Waals surface area (Å²) >= 11 is 0. The number of hydrogen-bond donors (Lipinski definition) is 1. The van der Waals surface area contributed by atoms with Gasteiger partial charge in [0.25, 0.3) is 0 Å². The Morgan fingerprint density at radius 2 is 1.79 bits per heavy atom. The summed E-state index contributed by atoms with van der Waals surface area (Å²) in [7, 11) is 1.68. The minimum atomic E-state index is -0.659. The Morgan fingerprint density at radius 1 is 1.07 bits per heavy atom. The highest BCUT2D eigenvalue weighted by molar-refractivity contribution is 5.81. The number of hydrogen-bond acceptors (Lipinski definition) is 3. The highest BCUT2D eigenvalue weighted by Crippen LogP contribution is 2.25. The van der Waals surface area contributed by atoms with E-state index >= 15 is 0 Å². The zero-order valence-corrected chi connectivity index (χ0v) is 16.2. The molecule has 146 valence electrons. The van der Waals surface area contributed by atoms with Gasteiger partial charge in [-0.3, -0.25) is 9.69 Å². The Balaban J connectivity index is 1.57. The number of methoxy groups -OCH3 is 1. The van der Waals surface area contributed by atoms with Crippen molar-refractivity contribution in [2.24, 2.45) is 5.92 Å². The fourth-order valence-electron chi connectivity index (χ4n) is 4.07. The lowest BCUT2D eigenvalue weighted by Gasteiger charge is -2.30. The lowest BCUT2D eigenvalue weighted by Crippen LogP contribution is -2.36. The summed E-state index contributed by atoms with van der Waals surface area (Å²) in [5.41, 5.74) is 3.73. The summed E-state index contributed by atoms with van der Waals surface area (Å²) in [6, 6.07) is 18.9. The predicted molar refractivity (Wildman–Crippen MR) is 110 cm³/mol. The fraction of sp³-hybridized carbons (Fsp3) is 0.348. The zero-order valence-electron chi connectivity index (χ0n) is 16.2. The number of carboxylic acids is 1. The minimum Gasteiger partial charge on any atom is -0.497 e. The van der Waals surface area contributed by atoms with E-state index in [-0.39, 0.29) is 5.92 Å². The van der Waals surface area contributed by atoms with Gasteiger partial charge in [-0.25, -0.2) is 0 Å². The number of likely N-dealkylation sites (tertiary alicyclic amines) is 1. The molecule has 0 bridgehead atoms. The van der Waals surface area contributed by atoms with Crippen LogP contribution in [0, 0.1) is 5.92 Å². The number of nitrogens with zero attached hydrogens (tertiary/aromatic N) is 2. The molecule has 1 fully saturated rings. The van der Waals surface area contributed by atoms with E-state index in [2.05, 4.69) is 51.9 Å². The predicted octanol–water partition coefficient (Wildman–Crippen LogP) is 3.99. The van der Waals surface area contributed by atoms with Crippen LogP contribution in [0.4, 0.5) is 0 Å². The Labute approximate surface area is 165 Å². The van der Waals surface area contributed by atoms with Crippen molar-refractivity contribution in [2.45, 2.75) is 25.9 Å². The summed E-state index contributed by atoms with van der Waals surface area (Å²) in [6.45, 7) is 3.32. The normalized spacial score (nSPS) is 15.8. The van der Waals surface area contributed by atoms with E-state index in [0.29, 0.717) is 0 Å². The first-order valence-electron chi connectivity index (χ1n) is 9.79. The van der Waals surface area contributed by atoms with Gasteiger partial charge in [-0.05, 0) is 61.1 Å². The number of rotatable bonds is 6. The van der Waals surface area contributed by atoms with E-state index in [1.165, 1.54) is 22.2 Å². The van der Waals surface area contributed by atoms with E-state index < -0.39 is 5.97 Å². The smallest absolute Gasteiger partial charge is 0.306 e. The van der Waals surface area contributed by atoms with Crippen LogP contribution in [0.1, 0.15) is 24.1 Å². The second kappa shape index (κ2) is 8.07. The van der Waals surface area contributed by atoms with Crippen molar-refractivity contribution in [2.75, 3.05) is 20.2 Å².